The molecule has 2 aromatic rings. The molecule has 1 aromatic heterocycles. The lowest BCUT2D eigenvalue weighted by Gasteiger charge is -2.13. The van der Waals surface area contributed by atoms with Gasteiger partial charge in [-0.2, -0.15) is 0 Å². The molecule has 0 bridgehead atoms. The van der Waals surface area contributed by atoms with Crippen LogP contribution in [0.25, 0.3) is 0 Å². The number of carbonyl (C=O) groups excluding carboxylic acids is 2. The highest BCUT2D eigenvalue weighted by Gasteiger charge is 2.09. The van der Waals surface area contributed by atoms with E-state index < -0.39 is 0 Å². The van der Waals surface area contributed by atoms with Crippen LogP contribution in [0.3, 0.4) is 0 Å². The Hall–Kier alpha value is -2.41. The first kappa shape index (κ1) is 18.9. The Kier molecular flexibility index (Phi) is 6.52. The average Bonchev–Trinajstić information content (AvgIpc) is 2.53. The molecular weight excluding hydrogens is 384 g/mol. The summed E-state index contributed by atoms with van der Waals surface area (Å²) in [5.74, 6) is 0.300. The molecule has 0 atom stereocenters. The fourth-order valence-corrected chi connectivity index (χ4v) is 2.99. The van der Waals surface area contributed by atoms with Gasteiger partial charge in [-0.05, 0) is 55.7 Å². The van der Waals surface area contributed by atoms with Crippen LogP contribution in [0.15, 0.2) is 34.9 Å². The number of hydrogen-bond donors (Lipinski definition) is 3. The summed E-state index contributed by atoms with van der Waals surface area (Å²) in [7, 11) is 0. The zero-order valence-corrected chi connectivity index (χ0v) is 16.0. The highest BCUT2D eigenvalue weighted by atomic mass is 79.9. The molecule has 0 saturated heterocycles. The van der Waals surface area contributed by atoms with Gasteiger partial charge in [0.15, 0.2) is 0 Å². The number of rotatable bonds is 5. The van der Waals surface area contributed by atoms with Crippen LogP contribution in [-0.4, -0.2) is 23.5 Å². The zero-order valence-electron chi connectivity index (χ0n) is 14.4. The SMILES string of the molecule is Cc1ccc(NC(=O)CCNC(=O)Nc2c(C)cc(Br)cc2C)nc1. The zero-order chi connectivity index (χ0) is 18.4. The minimum atomic E-state index is -0.338. The molecule has 0 aliphatic heterocycles. The van der Waals surface area contributed by atoms with E-state index >= 15 is 0 Å². The van der Waals surface area contributed by atoms with Gasteiger partial charge in [-0.3, -0.25) is 4.79 Å². The highest BCUT2D eigenvalue weighted by Crippen LogP contribution is 2.24. The number of aromatic nitrogens is 1. The van der Waals surface area contributed by atoms with Gasteiger partial charge in [0.1, 0.15) is 5.82 Å². The lowest BCUT2D eigenvalue weighted by Crippen LogP contribution is -2.32. The molecule has 2 rings (SSSR count). The Bertz CT molecular complexity index is 752. The Balaban J connectivity index is 1.78. The molecule has 3 amide bonds. The number of amides is 3. The molecule has 0 unspecified atom stereocenters. The Labute approximate surface area is 155 Å². The maximum Gasteiger partial charge on any atom is 0.319 e. The second kappa shape index (κ2) is 8.62. The summed E-state index contributed by atoms with van der Waals surface area (Å²) in [5.41, 5.74) is 3.72. The molecule has 0 saturated carbocycles. The van der Waals surface area contributed by atoms with E-state index in [-0.39, 0.29) is 24.9 Å². The number of hydrogen-bond acceptors (Lipinski definition) is 3. The molecule has 0 spiro atoms. The predicted octanol–water partition coefficient (Wildman–Crippen LogP) is 3.92. The molecule has 0 fully saturated rings. The van der Waals surface area contributed by atoms with Crippen LogP contribution in [-0.2, 0) is 4.79 Å². The Morgan fingerprint density at radius 3 is 2.36 bits per heavy atom. The summed E-state index contributed by atoms with van der Waals surface area (Å²) < 4.78 is 0.967. The van der Waals surface area contributed by atoms with Gasteiger partial charge in [0.05, 0.1) is 0 Å². The standard InChI is InChI=1S/C18H21BrN4O2/c1-11-4-5-15(21-10-11)22-16(24)6-7-20-18(25)23-17-12(2)8-14(19)9-13(17)3/h4-5,8-10H,6-7H2,1-3H3,(H2,20,23,25)(H,21,22,24). The number of halogens is 1. The predicted molar refractivity (Wildman–Crippen MR) is 103 cm³/mol. The molecule has 7 heteroatoms. The summed E-state index contributed by atoms with van der Waals surface area (Å²) in [6.07, 6.45) is 1.85. The summed E-state index contributed by atoms with van der Waals surface area (Å²) in [6, 6.07) is 7.15. The van der Waals surface area contributed by atoms with Crippen molar-refractivity contribution in [3.63, 3.8) is 0 Å². The number of benzene rings is 1. The third-order valence-electron chi connectivity index (χ3n) is 3.55. The van der Waals surface area contributed by atoms with E-state index in [2.05, 4.69) is 36.9 Å². The summed E-state index contributed by atoms with van der Waals surface area (Å²) in [6.45, 7) is 6.01. The molecule has 132 valence electrons. The molecular formula is C18H21BrN4O2. The second-order valence-corrected chi connectivity index (χ2v) is 6.73. The van der Waals surface area contributed by atoms with Crippen LogP contribution in [0, 0.1) is 20.8 Å². The van der Waals surface area contributed by atoms with Gasteiger partial charge in [0.25, 0.3) is 0 Å². The molecule has 3 N–H and O–H groups in total. The van der Waals surface area contributed by atoms with Gasteiger partial charge in [-0.15, -0.1) is 0 Å². The fraction of sp³-hybridized carbons (Fsp3) is 0.278. The fourth-order valence-electron chi connectivity index (χ4n) is 2.30. The number of aryl methyl sites for hydroxylation is 3. The monoisotopic (exact) mass is 404 g/mol. The van der Waals surface area contributed by atoms with Gasteiger partial charge in [-0.1, -0.05) is 22.0 Å². The van der Waals surface area contributed by atoms with Crippen molar-refractivity contribution in [2.24, 2.45) is 0 Å². The third-order valence-corrected chi connectivity index (χ3v) is 4.01. The molecule has 25 heavy (non-hydrogen) atoms. The van der Waals surface area contributed by atoms with Crippen LogP contribution < -0.4 is 16.0 Å². The minimum absolute atomic E-state index is 0.168. The Morgan fingerprint density at radius 1 is 1.08 bits per heavy atom. The lowest BCUT2D eigenvalue weighted by atomic mass is 10.1. The van der Waals surface area contributed by atoms with E-state index in [4.69, 9.17) is 0 Å². The number of nitrogens with zero attached hydrogens (tertiary/aromatic N) is 1. The number of carbonyl (C=O) groups is 2. The molecule has 0 aliphatic carbocycles. The normalized spacial score (nSPS) is 10.2. The number of urea groups is 1. The third kappa shape index (κ3) is 5.86. The molecule has 1 aromatic carbocycles. The average molecular weight is 405 g/mol. The van der Waals surface area contributed by atoms with Crippen molar-refractivity contribution in [1.29, 1.82) is 0 Å². The summed E-state index contributed by atoms with van der Waals surface area (Å²) in [5, 5.41) is 8.19. The van der Waals surface area contributed by atoms with Crippen LogP contribution in [0.1, 0.15) is 23.1 Å². The number of anilines is 2. The van der Waals surface area contributed by atoms with Crippen molar-refractivity contribution in [1.82, 2.24) is 10.3 Å². The van der Waals surface area contributed by atoms with E-state index in [9.17, 15) is 9.59 Å². The van der Waals surface area contributed by atoms with Crippen molar-refractivity contribution in [3.05, 3.63) is 51.6 Å². The quantitative estimate of drug-likeness (QED) is 0.705. The van der Waals surface area contributed by atoms with Gasteiger partial charge in [0, 0.05) is 29.3 Å². The smallest absolute Gasteiger partial charge is 0.319 e. The van der Waals surface area contributed by atoms with Crippen molar-refractivity contribution in [3.8, 4) is 0 Å². The number of pyridine rings is 1. The van der Waals surface area contributed by atoms with Crippen LogP contribution >= 0.6 is 15.9 Å². The first-order chi connectivity index (χ1) is 11.8. The van der Waals surface area contributed by atoms with Crippen molar-refractivity contribution in [2.75, 3.05) is 17.2 Å². The molecule has 0 radical (unpaired) electrons. The molecule has 6 nitrogen and oxygen atoms in total. The first-order valence-electron chi connectivity index (χ1n) is 7.89. The minimum Gasteiger partial charge on any atom is -0.337 e. The van der Waals surface area contributed by atoms with Crippen molar-refractivity contribution in [2.45, 2.75) is 27.2 Å². The molecule has 1 heterocycles. The number of nitrogens with one attached hydrogen (secondary N) is 3. The van der Waals surface area contributed by atoms with Crippen molar-refractivity contribution < 1.29 is 9.59 Å². The van der Waals surface area contributed by atoms with Gasteiger partial charge >= 0.3 is 6.03 Å². The molecule has 0 aliphatic rings. The second-order valence-electron chi connectivity index (χ2n) is 5.81. The van der Waals surface area contributed by atoms with E-state index in [0.717, 1.165) is 26.9 Å². The summed E-state index contributed by atoms with van der Waals surface area (Å²) >= 11 is 3.42. The topological polar surface area (TPSA) is 83.1 Å². The van der Waals surface area contributed by atoms with E-state index in [0.29, 0.717) is 5.82 Å². The van der Waals surface area contributed by atoms with Crippen LogP contribution in [0.4, 0.5) is 16.3 Å². The maximum atomic E-state index is 12.0. The Morgan fingerprint density at radius 2 is 1.76 bits per heavy atom. The lowest BCUT2D eigenvalue weighted by molar-refractivity contribution is -0.116. The van der Waals surface area contributed by atoms with Crippen LogP contribution in [0.5, 0.6) is 0 Å². The highest BCUT2D eigenvalue weighted by molar-refractivity contribution is 9.10. The van der Waals surface area contributed by atoms with Crippen LogP contribution in [0.2, 0.25) is 0 Å². The van der Waals surface area contributed by atoms with Gasteiger partial charge in [0.2, 0.25) is 5.91 Å². The first-order valence-corrected chi connectivity index (χ1v) is 8.68. The largest absolute Gasteiger partial charge is 0.337 e. The summed E-state index contributed by atoms with van der Waals surface area (Å²) in [4.78, 5) is 28.0. The van der Waals surface area contributed by atoms with Gasteiger partial charge in [-0.25, -0.2) is 9.78 Å². The van der Waals surface area contributed by atoms with Crippen molar-refractivity contribution >= 4 is 39.4 Å². The van der Waals surface area contributed by atoms with E-state index in [1.165, 1.54) is 0 Å². The van der Waals surface area contributed by atoms with E-state index in [1.54, 1.807) is 12.3 Å². The van der Waals surface area contributed by atoms with E-state index in [1.807, 2.05) is 39.0 Å². The maximum absolute atomic E-state index is 12.0. The van der Waals surface area contributed by atoms with Gasteiger partial charge < -0.3 is 16.0 Å².